The Kier molecular flexibility index (Phi) is 3.97. The predicted molar refractivity (Wildman–Crippen MR) is 73.9 cm³/mol. The smallest absolute Gasteiger partial charge is 0.339 e. The number of nitrogens with one attached hydrogen (secondary N) is 1. The van der Waals surface area contributed by atoms with Crippen molar-refractivity contribution in [3.63, 3.8) is 0 Å². The molecule has 0 aliphatic rings. The van der Waals surface area contributed by atoms with Crippen LogP contribution in [0.1, 0.15) is 27.3 Å². The van der Waals surface area contributed by atoms with E-state index in [9.17, 15) is 9.90 Å². The molecular formula is C13H17N5O2. The molecule has 0 amide bonds. The molecular weight excluding hydrogens is 258 g/mol. The molecule has 7 nitrogen and oxygen atoms in total. The van der Waals surface area contributed by atoms with E-state index in [-0.39, 0.29) is 5.56 Å². The van der Waals surface area contributed by atoms with E-state index in [1.807, 2.05) is 13.1 Å². The lowest BCUT2D eigenvalue weighted by molar-refractivity contribution is 0.0696. The predicted octanol–water partition coefficient (Wildman–Crippen LogP) is 1.18. The van der Waals surface area contributed by atoms with Gasteiger partial charge in [-0.3, -0.25) is 4.68 Å². The van der Waals surface area contributed by atoms with Crippen molar-refractivity contribution in [2.24, 2.45) is 7.05 Å². The van der Waals surface area contributed by atoms with Crippen LogP contribution in [0.5, 0.6) is 0 Å². The summed E-state index contributed by atoms with van der Waals surface area (Å²) in [5.74, 6) is -0.689. The van der Waals surface area contributed by atoms with Crippen molar-refractivity contribution in [1.29, 1.82) is 0 Å². The molecule has 0 aliphatic heterocycles. The van der Waals surface area contributed by atoms with Gasteiger partial charge in [0.25, 0.3) is 0 Å². The van der Waals surface area contributed by atoms with E-state index in [1.54, 1.807) is 24.7 Å². The lowest BCUT2D eigenvalue weighted by atomic mass is 10.1. The van der Waals surface area contributed by atoms with Crippen molar-refractivity contribution in [3.8, 4) is 0 Å². The Morgan fingerprint density at radius 2 is 2.15 bits per heavy atom. The third-order valence-corrected chi connectivity index (χ3v) is 3.26. The Hall–Kier alpha value is -2.44. The van der Waals surface area contributed by atoms with Gasteiger partial charge in [0.1, 0.15) is 5.56 Å². The average molecular weight is 275 g/mol. The minimum Gasteiger partial charge on any atom is -0.478 e. The molecule has 2 N–H and O–H groups in total. The molecule has 0 saturated heterocycles. The minimum atomic E-state index is -0.997. The highest BCUT2D eigenvalue weighted by atomic mass is 16.4. The van der Waals surface area contributed by atoms with Crippen LogP contribution in [0.3, 0.4) is 0 Å². The molecule has 0 aliphatic carbocycles. The summed E-state index contributed by atoms with van der Waals surface area (Å²) >= 11 is 0. The van der Waals surface area contributed by atoms with Crippen LogP contribution in [0.25, 0.3) is 0 Å². The van der Waals surface area contributed by atoms with Crippen molar-refractivity contribution < 1.29 is 9.90 Å². The summed E-state index contributed by atoms with van der Waals surface area (Å²) in [7, 11) is 1.87. The third kappa shape index (κ3) is 2.76. The SMILES string of the molecule is Cc1nnc(NCCc2ccnn2C)c(C(=O)O)c1C. The van der Waals surface area contributed by atoms with Crippen LogP contribution in [-0.2, 0) is 13.5 Å². The number of aromatic carboxylic acids is 1. The lowest BCUT2D eigenvalue weighted by Crippen LogP contribution is -2.15. The molecule has 0 saturated carbocycles. The van der Waals surface area contributed by atoms with E-state index in [2.05, 4.69) is 20.6 Å². The van der Waals surface area contributed by atoms with Gasteiger partial charge in [-0.2, -0.15) is 10.2 Å². The van der Waals surface area contributed by atoms with Crippen LogP contribution < -0.4 is 5.32 Å². The van der Waals surface area contributed by atoms with E-state index in [4.69, 9.17) is 0 Å². The van der Waals surface area contributed by atoms with Crippen molar-refractivity contribution >= 4 is 11.8 Å². The van der Waals surface area contributed by atoms with Gasteiger partial charge in [0, 0.05) is 31.9 Å². The first-order chi connectivity index (χ1) is 9.50. The molecule has 0 bridgehead atoms. The zero-order valence-corrected chi connectivity index (χ0v) is 11.7. The highest BCUT2D eigenvalue weighted by Gasteiger charge is 2.17. The summed E-state index contributed by atoms with van der Waals surface area (Å²) in [4.78, 5) is 11.3. The first kappa shape index (κ1) is 14.0. The van der Waals surface area contributed by atoms with Crippen molar-refractivity contribution in [2.45, 2.75) is 20.3 Å². The number of aryl methyl sites for hydroxylation is 2. The third-order valence-electron chi connectivity index (χ3n) is 3.26. The number of aromatic nitrogens is 4. The Morgan fingerprint density at radius 3 is 2.75 bits per heavy atom. The molecule has 2 aromatic heterocycles. The Morgan fingerprint density at radius 1 is 1.40 bits per heavy atom. The number of carbonyl (C=O) groups is 1. The standard InChI is InChI=1S/C13H17N5O2/c1-8-9(2)16-17-12(11(8)13(19)20)14-6-4-10-5-7-15-18(10)3/h5,7H,4,6H2,1-3H3,(H,14,17)(H,19,20). The summed E-state index contributed by atoms with van der Waals surface area (Å²) in [6.45, 7) is 4.05. The summed E-state index contributed by atoms with van der Waals surface area (Å²) < 4.78 is 1.78. The van der Waals surface area contributed by atoms with Gasteiger partial charge in [-0.25, -0.2) is 4.79 Å². The topological polar surface area (TPSA) is 92.9 Å². The average Bonchev–Trinajstić information content (AvgIpc) is 2.79. The van der Waals surface area contributed by atoms with E-state index in [1.165, 1.54) is 0 Å². The van der Waals surface area contributed by atoms with E-state index < -0.39 is 5.97 Å². The molecule has 2 rings (SSSR count). The number of anilines is 1. The van der Waals surface area contributed by atoms with Crippen molar-refractivity contribution in [1.82, 2.24) is 20.0 Å². The Balaban J connectivity index is 2.12. The van der Waals surface area contributed by atoms with Crippen LogP contribution in [0.4, 0.5) is 5.82 Å². The molecule has 0 unspecified atom stereocenters. The molecule has 106 valence electrons. The van der Waals surface area contributed by atoms with Gasteiger partial charge in [0.2, 0.25) is 0 Å². The fourth-order valence-electron chi connectivity index (χ4n) is 1.95. The second-order valence-electron chi connectivity index (χ2n) is 4.56. The second kappa shape index (κ2) is 5.68. The zero-order chi connectivity index (χ0) is 14.7. The molecule has 20 heavy (non-hydrogen) atoms. The largest absolute Gasteiger partial charge is 0.478 e. The summed E-state index contributed by atoms with van der Waals surface area (Å²) in [5.41, 5.74) is 2.50. The van der Waals surface area contributed by atoms with E-state index in [0.29, 0.717) is 23.6 Å². The maximum Gasteiger partial charge on any atom is 0.339 e. The Bertz CT molecular complexity index is 636. The zero-order valence-electron chi connectivity index (χ0n) is 11.7. The number of carboxylic acid groups (broad SMARTS) is 1. The normalized spacial score (nSPS) is 10.6. The van der Waals surface area contributed by atoms with Crippen molar-refractivity contribution in [2.75, 3.05) is 11.9 Å². The Labute approximate surface area is 116 Å². The maximum absolute atomic E-state index is 11.3. The van der Waals surface area contributed by atoms with Crippen LogP contribution in [0.15, 0.2) is 12.3 Å². The van der Waals surface area contributed by atoms with Gasteiger partial charge in [0.05, 0.1) is 5.69 Å². The van der Waals surface area contributed by atoms with E-state index >= 15 is 0 Å². The monoisotopic (exact) mass is 275 g/mol. The first-order valence-corrected chi connectivity index (χ1v) is 6.28. The van der Waals surface area contributed by atoms with Crippen LogP contribution in [0, 0.1) is 13.8 Å². The number of carboxylic acids is 1. The second-order valence-corrected chi connectivity index (χ2v) is 4.56. The van der Waals surface area contributed by atoms with Gasteiger partial charge >= 0.3 is 5.97 Å². The lowest BCUT2D eigenvalue weighted by Gasteiger charge is -2.11. The fourth-order valence-corrected chi connectivity index (χ4v) is 1.95. The van der Waals surface area contributed by atoms with Gasteiger partial charge in [-0.1, -0.05) is 0 Å². The number of hydrogen-bond donors (Lipinski definition) is 2. The summed E-state index contributed by atoms with van der Waals surface area (Å²) in [5, 5.41) is 24.3. The first-order valence-electron chi connectivity index (χ1n) is 6.28. The molecule has 0 fully saturated rings. The number of nitrogens with zero attached hydrogens (tertiary/aromatic N) is 4. The minimum absolute atomic E-state index is 0.183. The van der Waals surface area contributed by atoms with Crippen LogP contribution >= 0.6 is 0 Å². The molecule has 0 radical (unpaired) electrons. The quantitative estimate of drug-likeness (QED) is 0.851. The maximum atomic E-state index is 11.3. The molecule has 2 aromatic rings. The molecule has 0 spiro atoms. The van der Waals surface area contributed by atoms with Gasteiger partial charge < -0.3 is 10.4 Å². The van der Waals surface area contributed by atoms with E-state index in [0.717, 1.165) is 12.1 Å². The highest BCUT2D eigenvalue weighted by Crippen LogP contribution is 2.18. The van der Waals surface area contributed by atoms with Gasteiger partial charge in [-0.05, 0) is 25.5 Å². The highest BCUT2D eigenvalue weighted by molar-refractivity contribution is 5.94. The number of hydrogen-bond acceptors (Lipinski definition) is 5. The molecule has 0 aromatic carbocycles. The van der Waals surface area contributed by atoms with Crippen LogP contribution in [0.2, 0.25) is 0 Å². The fraction of sp³-hybridized carbons (Fsp3) is 0.385. The molecule has 0 atom stereocenters. The summed E-state index contributed by atoms with van der Waals surface area (Å²) in [6.07, 6.45) is 2.46. The van der Waals surface area contributed by atoms with Crippen LogP contribution in [-0.4, -0.2) is 37.6 Å². The molecule has 2 heterocycles. The van der Waals surface area contributed by atoms with Gasteiger partial charge in [-0.15, -0.1) is 5.10 Å². The molecule has 7 heteroatoms. The van der Waals surface area contributed by atoms with Gasteiger partial charge in [0.15, 0.2) is 5.82 Å². The summed E-state index contributed by atoms with van der Waals surface area (Å²) in [6, 6.07) is 1.92. The number of rotatable bonds is 5. The van der Waals surface area contributed by atoms with Crippen molar-refractivity contribution in [3.05, 3.63) is 34.8 Å².